The zero-order chi connectivity index (χ0) is 19.0. The first kappa shape index (κ1) is 17.5. The van der Waals surface area contributed by atoms with Crippen LogP contribution in [0.15, 0.2) is 48.5 Å². The number of ether oxygens (including phenoxy) is 1. The number of likely N-dealkylation sites (tertiary alicyclic amines) is 1. The summed E-state index contributed by atoms with van der Waals surface area (Å²) >= 11 is 0. The van der Waals surface area contributed by atoms with Gasteiger partial charge in [0.15, 0.2) is 0 Å². The quantitative estimate of drug-likeness (QED) is 0.869. The summed E-state index contributed by atoms with van der Waals surface area (Å²) < 4.78 is 5.55. The lowest BCUT2D eigenvalue weighted by molar-refractivity contribution is -0.121. The number of alkyl carbamates (subject to hydrolysis) is 1. The van der Waals surface area contributed by atoms with E-state index in [1.807, 2.05) is 36.2 Å². The predicted octanol–water partition coefficient (Wildman–Crippen LogP) is 2.08. The molecule has 0 unspecified atom stereocenters. The smallest absolute Gasteiger partial charge is 0.407 e. The van der Waals surface area contributed by atoms with Gasteiger partial charge in [0.25, 0.3) is 0 Å². The molecule has 0 aromatic heterocycles. The number of rotatable bonds is 4. The Morgan fingerprint density at radius 2 is 1.70 bits per heavy atom. The van der Waals surface area contributed by atoms with Gasteiger partial charge in [-0.05, 0) is 35.7 Å². The maximum atomic E-state index is 12.3. The molecule has 0 spiro atoms. The fourth-order valence-corrected chi connectivity index (χ4v) is 4.24. The molecule has 6 heteroatoms. The zero-order valence-electron chi connectivity index (χ0n) is 15.2. The number of primary amides is 1. The van der Waals surface area contributed by atoms with Gasteiger partial charge in [0.1, 0.15) is 6.61 Å². The molecule has 2 amide bonds. The fourth-order valence-electron chi connectivity index (χ4n) is 4.24. The summed E-state index contributed by atoms with van der Waals surface area (Å²) in [6.45, 7) is 0.861. The van der Waals surface area contributed by atoms with Crippen molar-refractivity contribution in [2.45, 2.75) is 24.4 Å². The first-order chi connectivity index (χ1) is 13.0. The molecule has 1 saturated heterocycles. The Hall–Kier alpha value is -2.86. The van der Waals surface area contributed by atoms with Crippen molar-refractivity contribution in [2.24, 2.45) is 5.73 Å². The standard InChI is InChI=1S/C21H23N3O3/c1-24-11-13(10-19(24)20(22)25)23-21(26)27-12-18-16-8-4-2-6-14(16)15-7-3-5-9-17(15)18/h2-9,13,18-19H,10-12H2,1H3,(H2,22,25)(H,23,26)/t13-,19+/m1/s1. The third-order valence-electron chi connectivity index (χ3n) is 5.54. The molecule has 1 fully saturated rings. The molecule has 1 aliphatic heterocycles. The minimum atomic E-state index is -0.458. The predicted molar refractivity (Wildman–Crippen MR) is 102 cm³/mol. The van der Waals surface area contributed by atoms with Crippen molar-refractivity contribution >= 4 is 12.0 Å². The van der Waals surface area contributed by atoms with Crippen LogP contribution in [-0.2, 0) is 9.53 Å². The first-order valence-electron chi connectivity index (χ1n) is 9.15. The average Bonchev–Trinajstić information content (AvgIpc) is 3.18. The van der Waals surface area contributed by atoms with Crippen molar-refractivity contribution in [2.75, 3.05) is 20.2 Å². The van der Waals surface area contributed by atoms with Crippen LogP contribution in [0, 0.1) is 0 Å². The van der Waals surface area contributed by atoms with Crippen molar-refractivity contribution in [1.82, 2.24) is 10.2 Å². The maximum absolute atomic E-state index is 12.3. The van der Waals surface area contributed by atoms with Gasteiger partial charge in [-0.25, -0.2) is 4.79 Å². The number of nitrogens with two attached hydrogens (primary N) is 1. The van der Waals surface area contributed by atoms with E-state index in [0.29, 0.717) is 13.0 Å². The molecule has 0 radical (unpaired) electrons. The lowest BCUT2D eigenvalue weighted by Crippen LogP contribution is -2.37. The van der Waals surface area contributed by atoms with Crippen molar-refractivity contribution in [3.63, 3.8) is 0 Å². The molecule has 2 atom stereocenters. The number of likely N-dealkylation sites (N-methyl/N-ethyl adjacent to an activating group) is 1. The van der Waals surface area contributed by atoms with Crippen LogP contribution in [-0.4, -0.2) is 49.2 Å². The first-order valence-corrected chi connectivity index (χ1v) is 9.15. The van der Waals surface area contributed by atoms with Gasteiger partial charge >= 0.3 is 6.09 Å². The SMILES string of the molecule is CN1C[C@H](NC(=O)OCC2c3ccccc3-c3ccccc32)C[C@H]1C(N)=O. The van der Waals surface area contributed by atoms with E-state index < -0.39 is 6.09 Å². The summed E-state index contributed by atoms with van der Waals surface area (Å²) in [4.78, 5) is 25.6. The number of nitrogens with one attached hydrogen (secondary N) is 1. The molecule has 1 aliphatic carbocycles. The van der Waals surface area contributed by atoms with E-state index in [4.69, 9.17) is 10.5 Å². The van der Waals surface area contributed by atoms with Gasteiger partial charge in [0.2, 0.25) is 5.91 Å². The molecular formula is C21H23N3O3. The van der Waals surface area contributed by atoms with Crippen molar-refractivity contribution < 1.29 is 14.3 Å². The van der Waals surface area contributed by atoms with Gasteiger partial charge in [-0.3, -0.25) is 9.69 Å². The van der Waals surface area contributed by atoms with E-state index in [2.05, 4.69) is 29.6 Å². The summed E-state index contributed by atoms with van der Waals surface area (Å²) in [5, 5.41) is 2.86. The van der Waals surface area contributed by atoms with E-state index in [1.54, 1.807) is 0 Å². The monoisotopic (exact) mass is 365 g/mol. The lowest BCUT2D eigenvalue weighted by atomic mass is 9.98. The Kier molecular flexibility index (Phi) is 4.58. The second kappa shape index (κ2) is 7.04. The lowest BCUT2D eigenvalue weighted by Gasteiger charge is -2.16. The molecule has 1 heterocycles. The number of carbonyl (C=O) groups is 2. The molecule has 0 bridgehead atoms. The number of hydrogen-bond acceptors (Lipinski definition) is 4. The van der Waals surface area contributed by atoms with Crippen LogP contribution >= 0.6 is 0 Å². The van der Waals surface area contributed by atoms with Gasteiger partial charge in [-0.15, -0.1) is 0 Å². The highest BCUT2D eigenvalue weighted by atomic mass is 16.5. The number of nitrogens with zero attached hydrogens (tertiary/aromatic N) is 1. The second-order valence-corrected chi connectivity index (χ2v) is 7.26. The number of carbonyl (C=O) groups excluding carboxylic acids is 2. The van der Waals surface area contributed by atoms with Gasteiger partial charge in [-0.2, -0.15) is 0 Å². The molecular weight excluding hydrogens is 342 g/mol. The summed E-state index contributed by atoms with van der Waals surface area (Å²) in [6.07, 6.45) is 0.0520. The third-order valence-corrected chi connectivity index (χ3v) is 5.54. The molecule has 4 rings (SSSR count). The van der Waals surface area contributed by atoms with E-state index in [-0.39, 0.29) is 30.5 Å². The number of fused-ring (bicyclic) bond motifs is 3. The van der Waals surface area contributed by atoms with Gasteiger partial charge in [0, 0.05) is 18.5 Å². The Morgan fingerprint density at radius 3 is 2.26 bits per heavy atom. The van der Waals surface area contributed by atoms with Crippen LogP contribution in [0.4, 0.5) is 4.79 Å². The van der Waals surface area contributed by atoms with E-state index in [0.717, 1.165) is 0 Å². The topological polar surface area (TPSA) is 84.7 Å². The molecule has 140 valence electrons. The van der Waals surface area contributed by atoms with E-state index in [1.165, 1.54) is 22.3 Å². The highest BCUT2D eigenvalue weighted by molar-refractivity contribution is 5.81. The summed E-state index contributed by atoms with van der Waals surface area (Å²) in [5.41, 5.74) is 10.1. The van der Waals surface area contributed by atoms with Crippen molar-refractivity contribution in [1.29, 1.82) is 0 Å². The van der Waals surface area contributed by atoms with E-state index >= 15 is 0 Å². The highest BCUT2D eigenvalue weighted by Crippen LogP contribution is 2.44. The number of amides is 2. The zero-order valence-corrected chi connectivity index (χ0v) is 15.2. The van der Waals surface area contributed by atoms with Gasteiger partial charge in [-0.1, -0.05) is 48.5 Å². The minimum absolute atomic E-state index is 0.0350. The van der Waals surface area contributed by atoms with Crippen LogP contribution in [0.25, 0.3) is 11.1 Å². The Labute approximate surface area is 158 Å². The molecule has 0 saturated carbocycles. The summed E-state index contributed by atoms with van der Waals surface area (Å²) in [7, 11) is 1.83. The Morgan fingerprint density at radius 1 is 1.11 bits per heavy atom. The minimum Gasteiger partial charge on any atom is -0.449 e. The van der Waals surface area contributed by atoms with Crippen LogP contribution in [0.2, 0.25) is 0 Å². The normalized spacial score (nSPS) is 21.5. The Balaban J connectivity index is 1.41. The number of benzene rings is 2. The second-order valence-electron chi connectivity index (χ2n) is 7.26. The van der Waals surface area contributed by atoms with Crippen LogP contribution in [0.1, 0.15) is 23.5 Å². The fraction of sp³-hybridized carbons (Fsp3) is 0.333. The largest absolute Gasteiger partial charge is 0.449 e. The molecule has 27 heavy (non-hydrogen) atoms. The summed E-state index contributed by atoms with van der Waals surface area (Å²) in [5.74, 6) is -0.331. The molecule has 6 nitrogen and oxygen atoms in total. The number of hydrogen-bond donors (Lipinski definition) is 2. The third kappa shape index (κ3) is 3.28. The highest BCUT2D eigenvalue weighted by Gasteiger charge is 2.34. The van der Waals surface area contributed by atoms with Crippen LogP contribution in [0.3, 0.4) is 0 Å². The Bertz CT molecular complexity index is 837. The average molecular weight is 365 g/mol. The van der Waals surface area contributed by atoms with Crippen molar-refractivity contribution in [3.05, 3.63) is 59.7 Å². The molecule has 2 aliphatic rings. The van der Waals surface area contributed by atoms with Crippen LogP contribution < -0.4 is 11.1 Å². The molecule has 3 N–H and O–H groups in total. The van der Waals surface area contributed by atoms with Gasteiger partial charge < -0.3 is 15.8 Å². The summed E-state index contributed by atoms with van der Waals surface area (Å²) in [6, 6.07) is 16.0. The molecule has 2 aromatic carbocycles. The maximum Gasteiger partial charge on any atom is 0.407 e. The van der Waals surface area contributed by atoms with E-state index in [9.17, 15) is 9.59 Å². The van der Waals surface area contributed by atoms with Crippen molar-refractivity contribution in [3.8, 4) is 11.1 Å². The van der Waals surface area contributed by atoms with Gasteiger partial charge in [0.05, 0.1) is 6.04 Å². The van der Waals surface area contributed by atoms with Crippen LogP contribution in [0.5, 0.6) is 0 Å². The molecule has 2 aromatic rings.